The number of nitrogens with two attached hydrogens (primary N) is 1. The second-order valence-electron chi connectivity index (χ2n) is 3.76. The van der Waals surface area contributed by atoms with Gasteiger partial charge in [0.25, 0.3) is 0 Å². The van der Waals surface area contributed by atoms with Gasteiger partial charge in [0.1, 0.15) is 5.82 Å². The van der Waals surface area contributed by atoms with Gasteiger partial charge in [0.05, 0.1) is 4.90 Å². The Morgan fingerprint density at radius 3 is 2.35 bits per heavy atom. The summed E-state index contributed by atoms with van der Waals surface area (Å²) in [5, 5.41) is 5.01. The van der Waals surface area contributed by atoms with Crippen LogP contribution in [0.15, 0.2) is 23.1 Å². The summed E-state index contributed by atoms with van der Waals surface area (Å²) in [6.07, 6.45) is 0. The average Bonchev–Trinajstić information content (AvgIpc) is 2.26. The quantitative estimate of drug-likeness (QED) is 0.868. The van der Waals surface area contributed by atoms with Gasteiger partial charge >= 0.3 is 0 Å². The highest BCUT2D eigenvalue weighted by Gasteiger charge is 2.13. The van der Waals surface area contributed by atoms with Gasteiger partial charge < -0.3 is 0 Å². The van der Waals surface area contributed by atoms with Crippen molar-refractivity contribution in [2.75, 3.05) is 13.1 Å². The van der Waals surface area contributed by atoms with Crippen LogP contribution in [-0.2, 0) is 16.6 Å². The second kappa shape index (κ2) is 5.57. The molecule has 4 nitrogen and oxygen atoms in total. The highest BCUT2D eigenvalue weighted by Crippen LogP contribution is 2.15. The second-order valence-corrected chi connectivity index (χ2v) is 5.32. The zero-order valence-corrected chi connectivity index (χ0v) is 10.8. The third kappa shape index (κ3) is 3.76. The number of halogens is 1. The first-order valence-electron chi connectivity index (χ1n) is 5.42. The summed E-state index contributed by atoms with van der Waals surface area (Å²) in [7, 11) is -3.78. The molecule has 0 aromatic heterocycles. The third-order valence-corrected chi connectivity index (χ3v) is 3.55. The first-order valence-corrected chi connectivity index (χ1v) is 6.96. The van der Waals surface area contributed by atoms with Crippen molar-refractivity contribution in [2.24, 2.45) is 5.14 Å². The largest absolute Gasteiger partial charge is 0.300 e. The fourth-order valence-corrected chi connectivity index (χ4v) is 2.10. The zero-order valence-electron chi connectivity index (χ0n) is 9.98. The van der Waals surface area contributed by atoms with Crippen molar-refractivity contribution in [1.82, 2.24) is 4.90 Å². The molecule has 96 valence electrons. The summed E-state index contributed by atoms with van der Waals surface area (Å²) in [4.78, 5) is 1.94. The molecule has 1 aromatic carbocycles. The molecule has 17 heavy (non-hydrogen) atoms. The van der Waals surface area contributed by atoms with Gasteiger partial charge in [-0.1, -0.05) is 13.8 Å². The molecule has 0 spiro atoms. The topological polar surface area (TPSA) is 63.4 Å². The van der Waals surface area contributed by atoms with Crippen LogP contribution in [0.1, 0.15) is 19.4 Å². The summed E-state index contributed by atoms with van der Waals surface area (Å²) in [5.74, 6) is -0.413. The van der Waals surface area contributed by atoms with Crippen LogP contribution in [-0.4, -0.2) is 26.4 Å². The number of hydrogen-bond donors (Lipinski definition) is 1. The van der Waals surface area contributed by atoms with Crippen molar-refractivity contribution in [3.05, 3.63) is 29.6 Å². The maximum atomic E-state index is 13.5. The van der Waals surface area contributed by atoms with Crippen molar-refractivity contribution in [3.8, 4) is 0 Å². The Kier molecular flexibility index (Phi) is 4.62. The predicted octanol–water partition coefficient (Wildman–Crippen LogP) is 1.31. The SMILES string of the molecule is CCN(CC)Cc1cc(S(N)(=O)=O)ccc1F. The monoisotopic (exact) mass is 260 g/mol. The maximum Gasteiger partial charge on any atom is 0.238 e. The summed E-state index contributed by atoms with van der Waals surface area (Å²) in [5.41, 5.74) is 0.347. The Morgan fingerprint density at radius 2 is 1.88 bits per heavy atom. The first kappa shape index (κ1) is 14.1. The van der Waals surface area contributed by atoms with E-state index in [1.165, 1.54) is 12.1 Å². The molecule has 1 rings (SSSR count). The average molecular weight is 260 g/mol. The molecule has 0 radical (unpaired) electrons. The number of sulfonamides is 1. The van der Waals surface area contributed by atoms with Gasteiger partial charge in [-0.05, 0) is 31.3 Å². The smallest absolute Gasteiger partial charge is 0.238 e. The predicted molar refractivity (Wildman–Crippen MR) is 64.4 cm³/mol. The number of rotatable bonds is 5. The van der Waals surface area contributed by atoms with Crippen molar-refractivity contribution in [2.45, 2.75) is 25.3 Å². The van der Waals surface area contributed by atoms with Crippen LogP contribution in [0.5, 0.6) is 0 Å². The van der Waals surface area contributed by atoms with Gasteiger partial charge in [-0.25, -0.2) is 17.9 Å². The maximum absolute atomic E-state index is 13.5. The number of nitrogens with zero attached hydrogens (tertiary/aromatic N) is 1. The highest BCUT2D eigenvalue weighted by molar-refractivity contribution is 7.89. The van der Waals surface area contributed by atoms with E-state index in [1.54, 1.807) is 0 Å². The Hall–Kier alpha value is -0.980. The minimum atomic E-state index is -3.78. The summed E-state index contributed by atoms with van der Waals surface area (Å²) >= 11 is 0. The Labute approximate surface area is 101 Å². The van der Waals surface area contributed by atoms with Gasteiger partial charge in [-0.3, -0.25) is 4.90 Å². The Bertz CT molecular complexity index is 484. The normalized spacial score (nSPS) is 12.1. The minimum absolute atomic E-state index is 0.0546. The zero-order chi connectivity index (χ0) is 13.1. The van der Waals surface area contributed by atoms with Crippen LogP contribution in [0.25, 0.3) is 0 Å². The summed E-state index contributed by atoms with van der Waals surface area (Å²) in [6, 6.07) is 3.61. The lowest BCUT2D eigenvalue weighted by Crippen LogP contribution is -2.23. The Morgan fingerprint density at radius 1 is 1.29 bits per heavy atom. The van der Waals surface area contributed by atoms with Crippen LogP contribution in [0.3, 0.4) is 0 Å². The number of benzene rings is 1. The molecule has 0 aliphatic rings. The van der Waals surface area contributed by atoms with E-state index in [0.717, 1.165) is 19.2 Å². The van der Waals surface area contributed by atoms with E-state index in [9.17, 15) is 12.8 Å². The molecule has 0 saturated carbocycles. The summed E-state index contributed by atoms with van der Waals surface area (Å²) in [6.45, 7) is 5.85. The highest BCUT2D eigenvalue weighted by atomic mass is 32.2. The van der Waals surface area contributed by atoms with Crippen LogP contribution in [0.2, 0.25) is 0 Å². The Balaban J connectivity index is 3.07. The molecule has 2 N–H and O–H groups in total. The molecule has 0 aliphatic carbocycles. The third-order valence-electron chi connectivity index (χ3n) is 2.63. The van der Waals surface area contributed by atoms with E-state index in [-0.39, 0.29) is 4.90 Å². The van der Waals surface area contributed by atoms with Gasteiger partial charge in [0, 0.05) is 12.1 Å². The molecule has 0 amide bonds. The molecule has 0 heterocycles. The molecule has 0 fully saturated rings. The standard InChI is InChI=1S/C11H17FN2O2S/c1-3-14(4-2)8-9-7-10(17(13,15)16)5-6-11(9)12/h5-7H,3-4,8H2,1-2H3,(H2,13,15,16). The van der Waals surface area contributed by atoms with Crippen LogP contribution >= 0.6 is 0 Å². The lowest BCUT2D eigenvalue weighted by atomic mass is 10.2. The molecule has 6 heteroatoms. The molecule has 0 saturated heterocycles. The van der Waals surface area contributed by atoms with Gasteiger partial charge in [0.15, 0.2) is 0 Å². The first-order chi connectivity index (χ1) is 7.88. The van der Waals surface area contributed by atoms with Crippen molar-refractivity contribution in [3.63, 3.8) is 0 Å². The fourth-order valence-electron chi connectivity index (χ4n) is 1.54. The van der Waals surface area contributed by atoms with E-state index in [4.69, 9.17) is 5.14 Å². The van der Waals surface area contributed by atoms with E-state index < -0.39 is 15.8 Å². The van der Waals surface area contributed by atoms with Crippen molar-refractivity contribution in [1.29, 1.82) is 0 Å². The van der Waals surface area contributed by atoms with Crippen molar-refractivity contribution >= 4 is 10.0 Å². The number of hydrogen-bond acceptors (Lipinski definition) is 3. The van der Waals surface area contributed by atoms with Crippen LogP contribution < -0.4 is 5.14 Å². The summed E-state index contributed by atoms with van der Waals surface area (Å²) < 4.78 is 35.9. The van der Waals surface area contributed by atoms with Crippen molar-refractivity contribution < 1.29 is 12.8 Å². The molecular weight excluding hydrogens is 243 g/mol. The van der Waals surface area contributed by atoms with E-state index in [2.05, 4.69) is 0 Å². The van der Waals surface area contributed by atoms with E-state index in [1.807, 2.05) is 18.7 Å². The van der Waals surface area contributed by atoms with E-state index in [0.29, 0.717) is 12.1 Å². The van der Waals surface area contributed by atoms with Gasteiger partial charge in [0.2, 0.25) is 10.0 Å². The minimum Gasteiger partial charge on any atom is -0.300 e. The molecule has 0 unspecified atom stereocenters. The molecule has 0 aliphatic heterocycles. The lowest BCUT2D eigenvalue weighted by Gasteiger charge is -2.18. The van der Waals surface area contributed by atoms with Crippen LogP contribution in [0.4, 0.5) is 4.39 Å². The molecule has 0 atom stereocenters. The van der Waals surface area contributed by atoms with E-state index >= 15 is 0 Å². The molecule has 0 bridgehead atoms. The lowest BCUT2D eigenvalue weighted by molar-refractivity contribution is 0.291. The molecular formula is C11H17FN2O2S. The van der Waals surface area contributed by atoms with Gasteiger partial charge in [-0.15, -0.1) is 0 Å². The van der Waals surface area contributed by atoms with Gasteiger partial charge in [-0.2, -0.15) is 0 Å². The van der Waals surface area contributed by atoms with Crippen LogP contribution in [0, 0.1) is 5.82 Å². The number of primary sulfonamides is 1. The molecule has 1 aromatic rings. The fraction of sp³-hybridized carbons (Fsp3) is 0.455.